The van der Waals surface area contributed by atoms with Gasteiger partial charge in [-0.15, -0.1) is 11.3 Å². The van der Waals surface area contributed by atoms with Gasteiger partial charge in [0.2, 0.25) is 0 Å². The summed E-state index contributed by atoms with van der Waals surface area (Å²) in [5, 5.41) is 5.20. The minimum atomic E-state index is -3.31. The predicted octanol–water partition coefficient (Wildman–Crippen LogP) is 2.19. The van der Waals surface area contributed by atoms with Crippen molar-refractivity contribution in [3.8, 4) is 0 Å². The zero-order valence-corrected chi connectivity index (χ0v) is 14.2. The Morgan fingerprint density at radius 1 is 1.35 bits per heavy atom. The molecule has 2 aromatic rings. The first kappa shape index (κ1) is 15.0. The van der Waals surface area contributed by atoms with Crippen LogP contribution in [0.3, 0.4) is 0 Å². The van der Waals surface area contributed by atoms with Gasteiger partial charge in [-0.25, -0.2) is 18.4 Å². The van der Waals surface area contributed by atoms with Gasteiger partial charge in [0, 0.05) is 25.3 Å². The number of aromatic nitrogens is 2. The standard InChI is InChI=1S/C15H18N4O2S2/c20-23(21,14-2-1-7-22-14)19-6-4-15(10-19)8-12(9-15)18-13-3-5-16-11-17-13/h1-3,5,7,11-12H,4,6,8-10H2,(H,16,17,18). The molecule has 0 aromatic carbocycles. The number of nitrogens with one attached hydrogen (secondary N) is 1. The number of rotatable bonds is 4. The molecule has 6 nitrogen and oxygen atoms in total. The third-order valence-corrected chi connectivity index (χ3v) is 8.00. The lowest BCUT2D eigenvalue weighted by Crippen LogP contribution is -2.47. The number of thiophene rings is 1. The van der Waals surface area contributed by atoms with E-state index in [9.17, 15) is 8.42 Å². The molecule has 2 fully saturated rings. The Kier molecular flexibility index (Phi) is 3.62. The zero-order valence-electron chi connectivity index (χ0n) is 12.6. The second-order valence-corrected chi connectivity index (χ2v) is 9.48. The highest BCUT2D eigenvalue weighted by atomic mass is 32.2. The van der Waals surface area contributed by atoms with Crippen molar-refractivity contribution in [2.24, 2.45) is 5.41 Å². The molecule has 1 saturated carbocycles. The lowest BCUT2D eigenvalue weighted by molar-refractivity contribution is 0.133. The fourth-order valence-electron chi connectivity index (χ4n) is 3.64. The monoisotopic (exact) mass is 350 g/mol. The van der Waals surface area contributed by atoms with Crippen molar-refractivity contribution in [2.75, 3.05) is 18.4 Å². The van der Waals surface area contributed by atoms with Gasteiger partial charge in [-0.2, -0.15) is 4.31 Å². The van der Waals surface area contributed by atoms with Crippen LogP contribution < -0.4 is 5.32 Å². The average Bonchev–Trinajstić information content (AvgIpc) is 3.18. The van der Waals surface area contributed by atoms with Crippen molar-refractivity contribution in [1.82, 2.24) is 14.3 Å². The molecule has 1 aliphatic carbocycles. The number of hydrogen-bond donors (Lipinski definition) is 1. The van der Waals surface area contributed by atoms with Crippen LogP contribution in [-0.2, 0) is 10.0 Å². The van der Waals surface area contributed by atoms with Crippen LogP contribution in [0.5, 0.6) is 0 Å². The molecule has 4 rings (SSSR count). The summed E-state index contributed by atoms with van der Waals surface area (Å²) in [6.45, 7) is 1.26. The average molecular weight is 350 g/mol. The number of sulfonamides is 1. The predicted molar refractivity (Wildman–Crippen MR) is 88.8 cm³/mol. The van der Waals surface area contributed by atoms with E-state index >= 15 is 0 Å². The molecule has 0 atom stereocenters. The van der Waals surface area contributed by atoms with Crippen LogP contribution in [0, 0.1) is 5.41 Å². The van der Waals surface area contributed by atoms with Crippen LogP contribution in [0.2, 0.25) is 0 Å². The van der Waals surface area contributed by atoms with E-state index in [2.05, 4.69) is 15.3 Å². The highest BCUT2D eigenvalue weighted by Crippen LogP contribution is 2.50. The van der Waals surface area contributed by atoms with Gasteiger partial charge < -0.3 is 5.32 Å². The minimum absolute atomic E-state index is 0.134. The van der Waals surface area contributed by atoms with Crippen LogP contribution in [0.15, 0.2) is 40.3 Å². The van der Waals surface area contributed by atoms with Gasteiger partial charge in [0.25, 0.3) is 10.0 Å². The van der Waals surface area contributed by atoms with Gasteiger partial charge in [0.1, 0.15) is 16.4 Å². The molecule has 3 heterocycles. The molecule has 122 valence electrons. The molecular weight excluding hydrogens is 332 g/mol. The summed E-state index contributed by atoms with van der Waals surface area (Å²) < 4.78 is 27.3. The first-order valence-electron chi connectivity index (χ1n) is 7.64. The van der Waals surface area contributed by atoms with Gasteiger partial charge in [-0.3, -0.25) is 0 Å². The number of anilines is 1. The highest BCUT2D eigenvalue weighted by molar-refractivity contribution is 7.91. The third kappa shape index (κ3) is 2.75. The first-order chi connectivity index (χ1) is 11.1. The Hall–Kier alpha value is -1.51. The summed E-state index contributed by atoms with van der Waals surface area (Å²) in [5.74, 6) is 0.834. The lowest BCUT2D eigenvalue weighted by Gasteiger charge is -2.45. The molecular formula is C15H18N4O2S2. The SMILES string of the molecule is O=S(=O)(c1cccs1)N1CCC2(CC(Nc3ccncn3)C2)C1. The molecule has 2 aliphatic rings. The maximum atomic E-state index is 12.6. The molecule has 1 aliphatic heterocycles. The van der Waals surface area contributed by atoms with E-state index in [4.69, 9.17) is 0 Å². The van der Waals surface area contributed by atoms with Gasteiger partial charge in [0.15, 0.2) is 0 Å². The van der Waals surface area contributed by atoms with Gasteiger partial charge in [-0.1, -0.05) is 6.07 Å². The van der Waals surface area contributed by atoms with Gasteiger partial charge >= 0.3 is 0 Å². The molecule has 0 amide bonds. The normalized spacial score (nSPS) is 27.9. The van der Waals surface area contributed by atoms with Crippen molar-refractivity contribution >= 4 is 27.2 Å². The summed E-state index contributed by atoms with van der Waals surface area (Å²) in [5.41, 5.74) is 0.134. The molecule has 0 unspecified atom stereocenters. The fourth-order valence-corrected chi connectivity index (χ4v) is 6.34. The molecule has 2 aromatic heterocycles. The van der Waals surface area contributed by atoms with E-state index in [1.165, 1.54) is 17.7 Å². The van der Waals surface area contributed by atoms with Crippen LogP contribution >= 0.6 is 11.3 Å². The molecule has 8 heteroatoms. The Bertz CT molecular complexity index is 771. The maximum Gasteiger partial charge on any atom is 0.252 e. The van der Waals surface area contributed by atoms with Crippen molar-refractivity contribution in [3.63, 3.8) is 0 Å². The summed E-state index contributed by atoms with van der Waals surface area (Å²) in [6, 6.07) is 5.70. The van der Waals surface area contributed by atoms with Crippen molar-refractivity contribution in [2.45, 2.75) is 29.5 Å². The van der Waals surface area contributed by atoms with E-state index in [0.717, 1.165) is 25.1 Å². The van der Waals surface area contributed by atoms with Gasteiger partial charge in [0.05, 0.1) is 0 Å². The van der Waals surface area contributed by atoms with Crippen LogP contribution in [-0.4, -0.2) is 41.8 Å². The Morgan fingerprint density at radius 3 is 2.91 bits per heavy atom. The smallest absolute Gasteiger partial charge is 0.252 e. The summed E-state index contributed by atoms with van der Waals surface area (Å²) in [7, 11) is -3.31. The van der Waals surface area contributed by atoms with Crippen LogP contribution in [0.1, 0.15) is 19.3 Å². The van der Waals surface area contributed by atoms with E-state index in [1.807, 2.05) is 11.4 Å². The summed E-state index contributed by atoms with van der Waals surface area (Å²) in [6.07, 6.45) is 6.18. The highest BCUT2D eigenvalue weighted by Gasteiger charge is 2.51. The van der Waals surface area contributed by atoms with E-state index in [-0.39, 0.29) is 5.41 Å². The molecule has 23 heavy (non-hydrogen) atoms. The Morgan fingerprint density at radius 2 is 2.22 bits per heavy atom. The topological polar surface area (TPSA) is 75.2 Å². The van der Waals surface area contributed by atoms with Crippen LogP contribution in [0.4, 0.5) is 5.82 Å². The molecule has 1 N–H and O–H groups in total. The summed E-state index contributed by atoms with van der Waals surface area (Å²) >= 11 is 1.29. The van der Waals surface area contributed by atoms with E-state index < -0.39 is 10.0 Å². The first-order valence-corrected chi connectivity index (χ1v) is 9.96. The maximum absolute atomic E-state index is 12.6. The molecule has 1 spiro atoms. The number of hydrogen-bond acceptors (Lipinski definition) is 6. The lowest BCUT2D eigenvalue weighted by atomic mass is 9.65. The minimum Gasteiger partial charge on any atom is -0.367 e. The third-order valence-electron chi connectivity index (χ3n) is 4.79. The van der Waals surface area contributed by atoms with E-state index in [1.54, 1.807) is 22.6 Å². The van der Waals surface area contributed by atoms with Crippen molar-refractivity contribution in [3.05, 3.63) is 36.1 Å². The Balaban J connectivity index is 1.39. The quantitative estimate of drug-likeness (QED) is 0.915. The number of nitrogens with zero attached hydrogens (tertiary/aromatic N) is 3. The van der Waals surface area contributed by atoms with Gasteiger partial charge in [-0.05, 0) is 42.2 Å². The van der Waals surface area contributed by atoms with E-state index in [0.29, 0.717) is 23.3 Å². The molecule has 0 radical (unpaired) electrons. The second kappa shape index (κ2) is 5.54. The van der Waals surface area contributed by atoms with Crippen LogP contribution in [0.25, 0.3) is 0 Å². The largest absolute Gasteiger partial charge is 0.367 e. The molecule has 0 bridgehead atoms. The Labute approximate surface area is 139 Å². The zero-order chi connectivity index (χ0) is 15.9. The summed E-state index contributed by atoms with van der Waals surface area (Å²) in [4.78, 5) is 8.08. The molecule has 1 saturated heterocycles. The fraction of sp³-hybridized carbons (Fsp3) is 0.467. The second-order valence-electron chi connectivity index (χ2n) is 6.36. The van der Waals surface area contributed by atoms with Crippen molar-refractivity contribution < 1.29 is 8.42 Å². The van der Waals surface area contributed by atoms with Crippen molar-refractivity contribution in [1.29, 1.82) is 0 Å².